The van der Waals surface area contributed by atoms with Crippen LogP contribution >= 0.6 is 0 Å². The van der Waals surface area contributed by atoms with Gasteiger partial charge in [-0.05, 0) is 35.2 Å². The first-order valence-electron chi connectivity index (χ1n) is 11.4. The number of allylic oxidation sites excluding steroid dienone is 1. The van der Waals surface area contributed by atoms with Crippen molar-refractivity contribution in [3.8, 4) is 29.1 Å². The Morgan fingerprint density at radius 1 is 1.06 bits per heavy atom. The van der Waals surface area contributed by atoms with E-state index < -0.39 is 12.1 Å². The minimum atomic E-state index is -0.899. The number of carbonyl (C=O) groups excluding carboxylic acids is 1. The molecule has 0 aliphatic carbocycles. The van der Waals surface area contributed by atoms with Crippen LogP contribution in [0.4, 0.5) is 0 Å². The molecule has 35 heavy (non-hydrogen) atoms. The first-order chi connectivity index (χ1) is 16.9. The van der Waals surface area contributed by atoms with Gasteiger partial charge in [-0.3, -0.25) is 0 Å². The smallest absolute Gasteiger partial charge is 0.356 e. The summed E-state index contributed by atoms with van der Waals surface area (Å²) in [5.41, 5.74) is 9.35. The second-order valence-corrected chi connectivity index (χ2v) is 8.73. The van der Waals surface area contributed by atoms with E-state index in [1.165, 1.54) is 5.56 Å². The molecule has 5 rings (SSSR count). The van der Waals surface area contributed by atoms with Gasteiger partial charge < -0.3 is 24.7 Å². The van der Waals surface area contributed by atoms with E-state index in [0.29, 0.717) is 28.7 Å². The fourth-order valence-electron chi connectivity index (χ4n) is 4.23. The highest BCUT2D eigenvalue weighted by Crippen LogP contribution is 2.43. The van der Waals surface area contributed by atoms with Crippen molar-refractivity contribution >= 4 is 5.97 Å². The maximum atomic E-state index is 12.7. The molecule has 2 heterocycles. The zero-order valence-corrected chi connectivity index (χ0v) is 19.4. The highest BCUT2D eigenvalue weighted by molar-refractivity contribution is 5.78. The molecule has 0 spiro atoms. The van der Waals surface area contributed by atoms with E-state index in [2.05, 4.69) is 32.0 Å². The second kappa shape index (κ2) is 9.07. The van der Waals surface area contributed by atoms with Gasteiger partial charge in [-0.15, -0.1) is 0 Å². The van der Waals surface area contributed by atoms with Crippen LogP contribution in [0.1, 0.15) is 42.4 Å². The van der Waals surface area contributed by atoms with E-state index in [1.54, 1.807) is 36.4 Å². The van der Waals surface area contributed by atoms with Crippen molar-refractivity contribution in [1.82, 2.24) is 0 Å². The lowest BCUT2D eigenvalue weighted by Gasteiger charge is -2.27. The Labute approximate surface area is 203 Å². The van der Waals surface area contributed by atoms with Crippen molar-refractivity contribution in [2.45, 2.75) is 31.8 Å². The van der Waals surface area contributed by atoms with E-state index in [1.807, 2.05) is 18.2 Å². The molecule has 176 valence electrons. The van der Waals surface area contributed by atoms with Crippen LogP contribution in [0.2, 0.25) is 0 Å². The van der Waals surface area contributed by atoms with Gasteiger partial charge in [0.1, 0.15) is 29.7 Å². The number of nitriles is 1. The lowest BCUT2D eigenvalue weighted by atomic mass is 9.83. The summed E-state index contributed by atoms with van der Waals surface area (Å²) < 4.78 is 22.6. The Bertz CT molecular complexity index is 1350. The minimum Gasteiger partial charge on any atom is -0.485 e. The van der Waals surface area contributed by atoms with Crippen molar-refractivity contribution < 1.29 is 23.7 Å². The molecule has 7 heteroatoms. The number of benzene rings is 3. The average molecular weight is 469 g/mol. The number of para-hydroxylation sites is 2. The Morgan fingerprint density at radius 2 is 1.80 bits per heavy atom. The molecule has 0 saturated carbocycles. The molecule has 3 aromatic rings. The average Bonchev–Trinajstić information content (AvgIpc) is 2.87. The number of nitrogens with zero attached hydrogens (tertiary/aromatic N) is 1. The zero-order valence-electron chi connectivity index (χ0n) is 19.4. The Balaban J connectivity index is 1.40. The summed E-state index contributed by atoms with van der Waals surface area (Å²) >= 11 is 0. The van der Waals surface area contributed by atoms with Gasteiger partial charge in [0.25, 0.3) is 0 Å². The number of hydrogen-bond acceptors (Lipinski definition) is 7. The van der Waals surface area contributed by atoms with Gasteiger partial charge in [0.15, 0.2) is 11.5 Å². The van der Waals surface area contributed by atoms with Gasteiger partial charge in [0, 0.05) is 11.6 Å². The lowest BCUT2D eigenvalue weighted by molar-refractivity contribution is -0.144. The predicted molar refractivity (Wildman–Crippen MR) is 128 cm³/mol. The summed E-state index contributed by atoms with van der Waals surface area (Å²) in [6.07, 6.45) is -0.899. The number of nitrogens with two attached hydrogens (primary N) is 1. The summed E-state index contributed by atoms with van der Waals surface area (Å²) in [7, 11) is 0. The Kier molecular flexibility index (Phi) is 5.79. The SMILES string of the molecule is CC(C)c1ccc(C2C(C#N)=C(N)Oc3cc(OC(=O)C4COc5ccccc5O4)ccc32)cc1. The summed E-state index contributed by atoms with van der Waals surface area (Å²) in [6, 6.07) is 22.5. The standard InChI is InChI=1S/C28H24N2O5/c1-16(2)17-7-9-18(10-8-17)26-20-12-11-19(13-24(20)35-27(30)21(26)14-29)33-28(31)25-15-32-22-5-3-4-6-23(22)34-25/h3-13,16,25-26H,15,30H2,1-2H3. The van der Waals surface area contributed by atoms with Gasteiger partial charge in [-0.1, -0.05) is 56.3 Å². The van der Waals surface area contributed by atoms with Crippen molar-refractivity contribution in [3.05, 3.63) is 94.9 Å². The number of rotatable bonds is 4. The van der Waals surface area contributed by atoms with Crippen LogP contribution in [0.15, 0.2) is 78.2 Å². The molecule has 2 unspecified atom stereocenters. The summed E-state index contributed by atoms with van der Waals surface area (Å²) in [5, 5.41) is 9.79. The van der Waals surface area contributed by atoms with E-state index in [-0.39, 0.29) is 24.2 Å². The molecule has 0 amide bonds. The van der Waals surface area contributed by atoms with Gasteiger partial charge in [-0.25, -0.2) is 4.79 Å². The van der Waals surface area contributed by atoms with Gasteiger partial charge in [0.2, 0.25) is 12.0 Å². The van der Waals surface area contributed by atoms with Crippen molar-refractivity contribution in [1.29, 1.82) is 5.26 Å². The predicted octanol–water partition coefficient (Wildman–Crippen LogP) is 4.77. The fourth-order valence-corrected chi connectivity index (χ4v) is 4.23. The second-order valence-electron chi connectivity index (χ2n) is 8.73. The van der Waals surface area contributed by atoms with Crippen LogP contribution in [0, 0.1) is 11.3 Å². The maximum Gasteiger partial charge on any atom is 0.356 e. The maximum absolute atomic E-state index is 12.7. The molecule has 0 saturated heterocycles. The number of hydrogen-bond donors (Lipinski definition) is 1. The van der Waals surface area contributed by atoms with Crippen LogP contribution in [-0.4, -0.2) is 18.7 Å². The van der Waals surface area contributed by atoms with Crippen molar-refractivity contribution in [3.63, 3.8) is 0 Å². The molecule has 0 radical (unpaired) electrons. The van der Waals surface area contributed by atoms with E-state index >= 15 is 0 Å². The largest absolute Gasteiger partial charge is 0.485 e. The molecule has 0 aromatic heterocycles. The van der Waals surface area contributed by atoms with Crippen molar-refractivity contribution in [2.24, 2.45) is 5.73 Å². The normalized spacial score (nSPS) is 18.3. The van der Waals surface area contributed by atoms with Crippen LogP contribution < -0.4 is 24.7 Å². The van der Waals surface area contributed by atoms with Crippen LogP contribution in [0.5, 0.6) is 23.0 Å². The molecule has 7 nitrogen and oxygen atoms in total. The minimum absolute atomic E-state index is 0.0297. The van der Waals surface area contributed by atoms with Gasteiger partial charge in [0.05, 0.1) is 5.92 Å². The number of ether oxygens (including phenoxy) is 4. The van der Waals surface area contributed by atoms with E-state index in [4.69, 9.17) is 24.7 Å². The van der Waals surface area contributed by atoms with E-state index in [9.17, 15) is 10.1 Å². The van der Waals surface area contributed by atoms with Crippen LogP contribution in [0.25, 0.3) is 0 Å². The first-order valence-corrected chi connectivity index (χ1v) is 11.4. The summed E-state index contributed by atoms with van der Waals surface area (Å²) in [5.74, 6) is 1.23. The summed E-state index contributed by atoms with van der Waals surface area (Å²) in [6.45, 7) is 4.31. The number of fused-ring (bicyclic) bond motifs is 2. The lowest BCUT2D eigenvalue weighted by Crippen LogP contribution is -2.39. The molecule has 2 aliphatic heterocycles. The zero-order chi connectivity index (χ0) is 24.5. The molecular formula is C28H24N2O5. The Hall–Kier alpha value is -4.44. The van der Waals surface area contributed by atoms with Crippen LogP contribution in [0.3, 0.4) is 0 Å². The quantitative estimate of drug-likeness (QED) is 0.434. The topological polar surface area (TPSA) is 104 Å². The molecule has 0 fully saturated rings. The van der Waals surface area contributed by atoms with Gasteiger partial charge >= 0.3 is 5.97 Å². The molecular weight excluding hydrogens is 444 g/mol. The Morgan fingerprint density at radius 3 is 2.51 bits per heavy atom. The monoisotopic (exact) mass is 468 g/mol. The third kappa shape index (κ3) is 4.26. The third-order valence-corrected chi connectivity index (χ3v) is 6.12. The molecule has 2 N–H and O–H groups in total. The molecule has 3 aromatic carbocycles. The van der Waals surface area contributed by atoms with Crippen molar-refractivity contribution in [2.75, 3.05) is 6.61 Å². The molecule has 2 atom stereocenters. The van der Waals surface area contributed by atoms with Gasteiger partial charge in [-0.2, -0.15) is 5.26 Å². The fraction of sp³-hybridized carbons (Fsp3) is 0.214. The number of carbonyl (C=O) groups is 1. The highest BCUT2D eigenvalue weighted by Gasteiger charge is 2.32. The van der Waals surface area contributed by atoms with Crippen LogP contribution in [-0.2, 0) is 4.79 Å². The highest BCUT2D eigenvalue weighted by atomic mass is 16.6. The summed E-state index contributed by atoms with van der Waals surface area (Å²) in [4.78, 5) is 12.7. The number of esters is 1. The van der Waals surface area contributed by atoms with E-state index in [0.717, 1.165) is 11.1 Å². The molecule has 2 aliphatic rings. The third-order valence-electron chi connectivity index (χ3n) is 6.12. The molecule has 0 bridgehead atoms. The first kappa shape index (κ1) is 22.4.